The number of carbonyl (C=O) groups is 2. The number of aliphatic carboxylic acids is 1. The highest BCUT2D eigenvalue weighted by atomic mass is 79.9. The molecule has 0 spiro atoms. The van der Waals surface area contributed by atoms with Gasteiger partial charge in [-0.2, -0.15) is 0 Å². The molecule has 0 amide bonds. The largest absolute Gasteiger partial charge is 0.508 e. The Kier molecular flexibility index (Phi) is 8.24. The molecule has 0 heterocycles. The Morgan fingerprint density at radius 3 is 2.18 bits per heavy atom. The average Bonchev–Trinajstić information content (AvgIpc) is 2.77. The molecule has 33 heavy (non-hydrogen) atoms. The standard InChI is InChI=1S/C25H29Br2NO5/c1-14(2)18-13-17(7-8-21(18)29)33-22-19(26)11-16(12-20(22)27)23(30)25(9-5-4-6-10-25)28-15(3)24(31)32/h7-8,11-15,28-29H,4-6,9-10H2,1-3H3,(H,31,32)/t15-/m0/s1. The molecular formula is C25H29Br2NO5. The van der Waals surface area contributed by atoms with Crippen molar-refractivity contribution in [1.29, 1.82) is 0 Å². The van der Waals surface area contributed by atoms with Crippen LogP contribution < -0.4 is 10.1 Å². The molecule has 0 radical (unpaired) electrons. The number of phenolic OH excluding ortho intramolecular Hbond substituents is 1. The van der Waals surface area contributed by atoms with Crippen molar-refractivity contribution < 1.29 is 24.5 Å². The number of hydrogen-bond acceptors (Lipinski definition) is 5. The van der Waals surface area contributed by atoms with Gasteiger partial charge in [0, 0.05) is 11.1 Å². The second-order valence-electron chi connectivity index (χ2n) is 8.92. The monoisotopic (exact) mass is 581 g/mol. The van der Waals surface area contributed by atoms with Crippen molar-refractivity contribution in [3.8, 4) is 17.2 Å². The van der Waals surface area contributed by atoms with Gasteiger partial charge >= 0.3 is 5.97 Å². The van der Waals surface area contributed by atoms with Crippen molar-refractivity contribution in [2.45, 2.75) is 70.4 Å². The van der Waals surface area contributed by atoms with Gasteiger partial charge in [0.05, 0.1) is 14.5 Å². The van der Waals surface area contributed by atoms with E-state index < -0.39 is 17.6 Å². The van der Waals surface area contributed by atoms with E-state index in [1.54, 1.807) is 37.3 Å². The number of halogens is 2. The third-order valence-corrected chi connectivity index (χ3v) is 7.28. The minimum absolute atomic E-state index is 0.116. The molecule has 1 saturated carbocycles. The van der Waals surface area contributed by atoms with Gasteiger partial charge < -0.3 is 14.9 Å². The summed E-state index contributed by atoms with van der Waals surface area (Å²) in [7, 11) is 0. The van der Waals surface area contributed by atoms with E-state index in [0.29, 0.717) is 38.8 Å². The number of benzene rings is 2. The molecule has 2 aromatic rings. The number of aromatic hydroxyl groups is 1. The van der Waals surface area contributed by atoms with Gasteiger partial charge in [0.1, 0.15) is 17.5 Å². The summed E-state index contributed by atoms with van der Waals surface area (Å²) in [5, 5.41) is 22.6. The van der Waals surface area contributed by atoms with Gasteiger partial charge in [-0.25, -0.2) is 0 Å². The highest BCUT2D eigenvalue weighted by Gasteiger charge is 2.42. The SMILES string of the molecule is CC(C)c1cc(Oc2c(Br)cc(C(=O)C3(N[C@@H](C)C(=O)O)CCCCC3)cc2Br)ccc1O. The molecule has 1 aliphatic rings. The van der Waals surface area contributed by atoms with Crippen molar-refractivity contribution in [3.05, 3.63) is 50.4 Å². The van der Waals surface area contributed by atoms with E-state index in [-0.39, 0.29) is 17.5 Å². The molecule has 2 aromatic carbocycles. The second kappa shape index (κ2) is 10.6. The fourth-order valence-electron chi connectivity index (χ4n) is 4.31. The minimum atomic E-state index is -0.978. The van der Waals surface area contributed by atoms with Crippen LogP contribution in [0, 0.1) is 0 Å². The molecule has 3 rings (SSSR count). The van der Waals surface area contributed by atoms with Gasteiger partial charge in [0.2, 0.25) is 0 Å². The van der Waals surface area contributed by atoms with Crippen LogP contribution in [0.5, 0.6) is 17.2 Å². The number of carbonyl (C=O) groups excluding carboxylic acids is 1. The van der Waals surface area contributed by atoms with Gasteiger partial charge in [-0.05, 0) is 87.9 Å². The van der Waals surface area contributed by atoms with E-state index in [0.717, 1.165) is 24.8 Å². The number of ketones is 1. The summed E-state index contributed by atoms with van der Waals surface area (Å²) in [5.41, 5.74) is 0.353. The molecule has 1 atom stereocenters. The Labute approximate surface area is 211 Å². The molecule has 0 unspecified atom stereocenters. The van der Waals surface area contributed by atoms with E-state index in [1.807, 2.05) is 13.8 Å². The summed E-state index contributed by atoms with van der Waals surface area (Å²) in [6.45, 7) is 5.55. The van der Waals surface area contributed by atoms with Crippen LogP contribution in [0.2, 0.25) is 0 Å². The molecule has 1 aliphatic carbocycles. The van der Waals surface area contributed by atoms with Gasteiger partial charge in [-0.15, -0.1) is 0 Å². The smallest absolute Gasteiger partial charge is 0.320 e. The third-order valence-electron chi connectivity index (χ3n) is 6.11. The molecule has 0 aromatic heterocycles. The molecule has 1 fully saturated rings. The van der Waals surface area contributed by atoms with Crippen LogP contribution in [0.4, 0.5) is 0 Å². The lowest BCUT2D eigenvalue weighted by atomic mass is 9.76. The summed E-state index contributed by atoms with van der Waals surface area (Å²) < 4.78 is 7.27. The van der Waals surface area contributed by atoms with E-state index in [4.69, 9.17) is 4.74 Å². The minimum Gasteiger partial charge on any atom is -0.508 e. The summed E-state index contributed by atoms with van der Waals surface area (Å²) in [5.74, 6) is 0.336. The third kappa shape index (κ3) is 5.78. The van der Waals surface area contributed by atoms with Crippen LogP contribution in [0.3, 0.4) is 0 Å². The van der Waals surface area contributed by atoms with Crippen molar-refractivity contribution >= 4 is 43.6 Å². The van der Waals surface area contributed by atoms with E-state index in [1.165, 1.54) is 0 Å². The number of phenols is 1. The zero-order valence-corrected chi connectivity index (χ0v) is 22.1. The van der Waals surface area contributed by atoms with E-state index >= 15 is 0 Å². The Morgan fingerprint density at radius 1 is 1.03 bits per heavy atom. The number of carboxylic acid groups (broad SMARTS) is 1. The van der Waals surface area contributed by atoms with E-state index in [9.17, 15) is 19.8 Å². The number of nitrogens with one attached hydrogen (secondary N) is 1. The first-order valence-electron chi connectivity index (χ1n) is 11.1. The van der Waals surface area contributed by atoms with Crippen molar-refractivity contribution in [3.63, 3.8) is 0 Å². The maximum absolute atomic E-state index is 13.6. The zero-order valence-electron chi connectivity index (χ0n) is 19.0. The van der Waals surface area contributed by atoms with Crippen molar-refractivity contribution in [2.75, 3.05) is 0 Å². The zero-order chi connectivity index (χ0) is 24.3. The first kappa shape index (κ1) is 25.7. The molecule has 0 aliphatic heterocycles. The maximum atomic E-state index is 13.6. The molecule has 3 N–H and O–H groups in total. The van der Waals surface area contributed by atoms with Crippen LogP contribution in [0.1, 0.15) is 74.7 Å². The van der Waals surface area contributed by atoms with E-state index in [2.05, 4.69) is 37.2 Å². The average molecular weight is 583 g/mol. The van der Waals surface area contributed by atoms with Crippen LogP contribution >= 0.6 is 31.9 Å². The Morgan fingerprint density at radius 2 is 1.64 bits per heavy atom. The number of Topliss-reactive ketones (excluding diaryl/α,β-unsaturated/α-hetero) is 1. The normalized spacial score (nSPS) is 16.4. The second-order valence-corrected chi connectivity index (χ2v) is 10.6. The van der Waals surface area contributed by atoms with Crippen LogP contribution in [0.25, 0.3) is 0 Å². The molecule has 178 valence electrons. The first-order valence-corrected chi connectivity index (χ1v) is 12.7. The van der Waals surface area contributed by atoms with Gasteiger partial charge in [0.15, 0.2) is 11.5 Å². The predicted molar refractivity (Wildman–Crippen MR) is 134 cm³/mol. The lowest BCUT2D eigenvalue weighted by Gasteiger charge is -2.38. The molecule has 0 saturated heterocycles. The summed E-state index contributed by atoms with van der Waals surface area (Å²) >= 11 is 7.06. The summed E-state index contributed by atoms with van der Waals surface area (Å²) in [4.78, 5) is 25.1. The topological polar surface area (TPSA) is 95.9 Å². The van der Waals surface area contributed by atoms with Gasteiger partial charge in [-0.1, -0.05) is 33.1 Å². The predicted octanol–water partition coefficient (Wildman–Crippen LogP) is 6.78. The fourth-order valence-corrected chi connectivity index (χ4v) is 5.66. The quantitative estimate of drug-likeness (QED) is 0.297. The summed E-state index contributed by atoms with van der Waals surface area (Å²) in [6, 6.07) is 7.70. The molecule has 6 nitrogen and oxygen atoms in total. The number of carboxylic acids is 1. The highest BCUT2D eigenvalue weighted by molar-refractivity contribution is 9.11. The van der Waals surface area contributed by atoms with Crippen LogP contribution in [0.15, 0.2) is 39.3 Å². The summed E-state index contributed by atoms with van der Waals surface area (Å²) in [6.07, 6.45) is 3.97. The van der Waals surface area contributed by atoms with Crippen LogP contribution in [-0.4, -0.2) is 33.5 Å². The maximum Gasteiger partial charge on any atom is 0.320 e. The molecular weight excluding hydrogens is 554 g/mol. The molecule has 0 bridgehead atoms. The molecule has 8 heteroatoms. The Balaban J connectivity index is 1.92. The van der Waals surface area contributed by atoms with Gasteiger partial charge in [-0.3, -0.25) is 14.9 Å². The Bertz CT molecular complexity index is 1020. The van der Waals surface area contributed by atoms with Gasteiger partial charge in [0.25, 0.3) is 0 Å². The first-order chi connectivity index (χ1) is 15.5. The number of hydrogen-bond donors (Lipinski definition) is 3. The lowest BCUT2D eigenvalue weighted by molar-refractivity contribution is -0.139. The highest BCUT2D eigenvalue weighted by Crippen LogP contribution is 2.41. The number of ether oxygens (including phenoxy) is 1. The van der Waals surface area contributed by atoms with Crippen molar-refractivity contribution in [1.82, 2.24) is 5.32 Å². The lowest BCUT2D eigenvalue weighted by Crippen LogP contribution is -2.58. The number of rotatable bonds is 8. The Hall–Kier alpha value is -1.90. The van der Waals surface area contributed by atoms with Crippen LogP contribution in [-0.2, 0) is 4.79 Å². The fraction of sp³-hybridized carbons (Fsp3) is 0.440. The van der Waals surface area contributed by atoms with Crippen molar-refractivity contribution in [2.24, 2.45) is 0 Å².